The maximum absolute atomic E-state index is 13.8. The highest BCUT2D eigenvalue weighted by molar-refractivity contribution is 5.97. The Morgan fingerprint density at radius 1 is 1.20 bits per heavy atom. The molecule has 1 amide bonds. The van der Waals surface area contributed by atoms with Gasteiger partial charge in [0.1, 0.15) is 17.7 Å². The average molecular weight is 557 g/mol. The van der Waals surface area contributed by atoms with E-state index in [0.29, 0.717) is 36.6 Å². The maximum Gasteiger partial charge on any atom is 0.254 e. The molecular weight excluding hydrogens is 519 g/mol. The zero-order chi connectivity index (χ0) is 29.5. The van der Waals surface area contributed by atoms with E-state index < -0.39 is 0 Å². The number of piperidine rings is 1. The van der Waals surface area contributed by atoms with Gasteiger partial charge in [0.25, 0.3) is 5.91 Å². The van der Waals surface area contributed by atoms with E-state index >= 15 is 0 Å². The number of likely N-dealkylation sites (tertiary alicyclic amines) is 1. The van der Waals surface area contributed by atoms with Gasteiger partial charge in [-0.25, -0.2) is 9.37 Å². The lowest BCUT2D eigenvalue weighted by Gasteiger charge is -2.41. The van der Waals surface area contributed by atoms with Crippen molar-refractivity contribution < 1.29 is 14.3 Å². The Morgan fingerprint density at radius 3 is 2.59 bits per heavy atom. The lowest BCUT2D eigenvalue weighted by atomic mass is 9.98. The molecule has 0 unspecified atom stereocenters. The third-order valence-electron chi connectivity index (χ3n) is 7.88. The van der Waals surface area contributed by atoms with E-state index in [1.165, 1.54) is 18.3 Å². The second-order valence-electron chi connectivity index (χ2n) is 10.5. The summed E-state index contributed by atoms with van der Waals surface area (Å²) in [5.74, 6) is 2.53. The van der Waals surface area contributed by atoms with Gasteiger partial charge in [0.05, 0.1) is 23.9 Å². The molecule has 1 aromatic heterocycles. The molecule has 3 heterocycles. The van der Waals surface area contributed by atoms with Crippen molar-refractivity contribution in [2.45, 2.75) is 45.7 Å². The molecule has 0 spiro atoms. The summed E-state index contributed by atoms with van der Waals surface area (Å²) in [5.41, 5.74) is 4.85. The molecule has 41 heavy (non-hydrogen) atoms. The van der Waals surface area contributed by atoms with Crippen LogP contribution in [0.2, 0.25) is 0 Å². The van der Waals surface area contributed by atoms with Crippen LogP contribution in [0.3, 0.4) is 0 Å². The zero-order valence-corrected chi connectivity index (χ0v) is 23.9. The summed E-state index contributed by atoms with van der Waals surface area (Å²) in [4.78, 5) is 23.7. The molecule has 0 saturated carbocycles. The first-order valence-electron chi connectivity index (χ1n) is 13.9. The van der Waals surface area contributed by atoms with Crippen LogP contribution < -0.4 is 10.2 Å². The van der Waals surface area contributed by atoms with Gasteiger partial charge in [-0.3, -0.25) is 4.79 Å². The molecule has 0 radical (unpaired) electrons. The molecule has 2 N–H and O–H groups in total. The first-order valence-corrected chi connectivity index (χ1v) is 13.9. The number of piperazine rings is 1. The zero-order valence-electron chi connectivity index (χ0n) is 23.9. The summed E-state index contributed by atoms with van der Waals surface area (Å²) in [6.45, 7) is 8.33. The number of amides is 1. The fourth-order valence-electron chi connectivity index (χ4n) is 5.63. The number of nitrogens with one attached hydrogen (secondary N) is 1. The Balaban J connectivity index is 1.44. The third kappa shape index (κ3) is 6.70. The number of allylic oxidation sites excluding steroid dienone is 3. The first-order chi connectivity index (χ1) is 19.8. The number of hydrogen-bond donors (Lipinski definition) is 2. The van der Waals surface area contributed by atoms with Gasteiger partial charge >= 0.3 is 0 Å². The number of nitrogens with zero attached hydrogens (tertiary/aromatic N) is 5. The lowest BCUT2D eigenvalue weighted by molar-refractivity contribution is 0.0698. The maximum atomic E-state index is 13.8. The highest BCUT2D eigenvalue weighted by atomic mass is 19.1. The molecular formula is C32H37FN6O2. The summed E-state index contributed by atoms with van der Waals surface area (Å²) in [7, 11) is 0. The van der Waals surface area contributed by atoms with Crippen LogP contribution in [0.4, 0.5) is 15.9 Å². The summed E-state index contributed by atoms with van der Waals surface area (Å²) in [6.07, 6.45) is 12.1. The average Bonchev–Trinajstić information content (AvgIpc) is 2.98. The number of pyridine rings is 1. The Kier molecular flexibility index (Phi) is 9.65. The Labute approximate surface area is 241 Å². The van der Waals surface area contributed by atoms with Crippen molar-refractivity contribution in [3.8, 4) is 18.4 Å². The predicted octanol–water partition coefficient (Wildman–Crippen LogP) is 4.02. The summed E-state index contributed by atoms with van der Waals surface area (Å²) in [5, 5.41) is 23.2. The Hall–Kier alpha value is -4.34. The number of halogens is 1. The molecule has 2 aliphatic rings. The van der Waals surface area contributed by atoms with E-state index in [1.807, 2.05) is 37.8 Å². The highest BCUT2D eigenvalue weighted by Gasteiger charge is 2.31. The highest BCUT2D eigenvalue weighted by Crippen LogP contribution is 2.28. The van der Waals surface area contributed by atoms with E-state index in [9.17, 15) is 19.6 Å². The first kappa shape index (κ1) is 29.6. The minimum absolute atomic E-state index is 0.0925. The fourth-order valence-corrected chi connectivity index (χ4v) is 5.63. The van der Waals surface area contributed by atoms with Gasteiger partial charge in [-0.15, -0.1) is 6.42 Å². The number of aryl methyl sites for hydroxylation is 2. The molecule has 0 bridgehead atoms. The number of aliphatic hydroxyl groups excluding tert-OH is 1. The number of terminal acetylenes is 1. The van der Waals surface area contributed by atoms with E-state index in [-0.39, 0.29) is 30.4 Å². The summed E-state index contributed by atoms with van der Waals surface area (Å²) in [6, 6.07) is 8.66. The minimum Gasteiger partial charge on any atom is -0.394 e. The quantitative estimate of drug-likeness (QED) is 0.302. The van der Waals surface area contributed by atoms with Crippen molar-refractivity contribution in [2.75, 3.05) is 49.5 Å². The van der Waals surface area contributed by atoms with Crippen molar-refractivity contribution in [1.82, 2.24) is 14.8 Å². The molecule has 2 saturated heterocycles. The van der Waals surface area contributed by atoms with Crippen LogP contribution in [0.1, 0.15) is 41.3 Å². The standard InChI is InChI=1S/C32H37FN6O2/c1-5-7-30(24(6-2)19-34)37-12-9-26(10-13-37)36-29-18-28(22(3)16-23(29)4)32(41)38-14-15-39(27(20-38)21-40)31-17-25(33)8-11-35-31/h1,6-8,11,16-18,26-27,36,40H,9-10,12-15,20-21H2,2-4H3/b24-6-,30-7+/t27-/m0/s1. The van der Waals surface area contributed by atoms with E-state index in [2.05, 4.69) is 27.2 Å². The molecule has 4 rings (SSSR count). The summed E-state index contributed by atoms with van der Waals surface area (Å²) < 4.78 is 13.8. The van der Waals surface area contributed by atoms with E-state index in [1.54, 1.807) is 17.1 Å². The van der Waals surface area contributed by atoms with Crippen LogP contribution in [-0.2, 0) is 0 Å². The molecule has 1 atom stereocenters. The largest absolute Gasteiger partial charge is 0.394 e. The number of hydrogen-bond acceptors (Lipinski definition) is 7. The van der Waals surface area contributed by atoms with Gasteiger partial charge in [0.2, 0.25) is 0 Å². The van der Waals surface area contributed by atoms with Crippen LogP contribution in [0.15, 0.2) is 53.9 Å². The molecule has 214 valence electrons. The Bertz CT molecular complexity index is 1410. The number of rotatable bonds is 7. The van der Waals surface area contributed by atoms with Gasteiger partial charge in [-0.1, -0.05) is 18.1 Å². The van der Waals surface area contributed by atoms with Gasteiger partial charge in [0, 0.05) is 68.4 Å². The molecule has 9 heteroatoms. The monoisotopic (exact) mass is 556 g/mol. The van der Waals surface area contributed by atoms with Crippen molar-refractivity contribution in [3.63, 3.8) is 0 Å². The minimum atomic E-state index is -0.389. The second-order valence-corrected chi connectivity index (χ2v) is 10.5. The lowest BCUT2D eigenvalue weighted by Crippen LogP contribution is -2.56. The fraction of sp³-hybridized carbons (Fsp3) is 0.406. The molecule has 2 aliphatic heterocycles. The van der Waals surface area contributed by atoms with Crippen LogP contribution >= 0.6 is 0 Å². The number of aromatic nitrogens is 1. The molecule has 0 aliphatic carbocycles. The Morgan fingerprint density at radius 2 is 1.95 bits per heavy atom. The number of carbonyl (C=O) groups excluding carboxylic acids is 1. The second kappa shape index (κ2) is 13.3. The molecule has 1 aromatic carbocycles. The topological polar surface area (TPSA) is 95.7 Å². The van der Waals surface area contributed by atoms with E-state index in [0.717, 1.165) is 48.4 Å². The van der Waals surface area contributed by atoms with Crippen LogP contribution in [0.25, 0.3) is 0 Å². The number of anilines is 2. The van der Waals surface area contributed by atoms with Gasteiger partial charge < -0.3 is 25.1 Å². The van der Waals surface area contributed by atoms with Gasteiger partial charge in [-0.2, -0.15) is 5.26 Å². The van der Waals surface area contributed by atoms with Gasteiger partial charge in [0.15, 0.2) is 0 Å². The van der Waals surface area contributed by atoms with Crippen molar-refractivity contribution in [3.05, 3.63) is 76.4 Å². The van der Waals surface area contributed by atoms with E-state index in [4.69, 9.17) is 6.42 Å². The van der Waals surface area contributed by atoms with Crippen LogP contribution in [0.5, 0.6) is 0 Å². The number of aliphatic hydroxyl groups is 1. The predicted molar refractivity (Wildman–Crippen MR) is 159 cm³/mol. The summed E-state index contributed by atoms with van der Waals surface area (Å²) >= 11 is 0. The van der Waals surface area contributed by atoms with Crippen molar-refractivity contribution >= 4 is 17.4 Å². The third-order valence-corrected chi connectivity index (χ3v) is 7.88. The smallest absolute Gasteiger partial charge is 0.254 e. The molecule has 8 nitrogen and oxygen atoms in total. The van der Waals surface area contributed by atoms with Crippen LogP contribution in [0, 0.1) is 43.3 Å². The molecule has 2 aromatic rings. The van der Waals surface area contributed by atoms with Gasteiger partial charge in [-0.05, 0) is 56.9 Å². The number of carbonyl (C=O) groups is 1. The van der Waals surface area contributed by atoms with Crippen molar-refractivity contribution in [2.24, 2.45) is 0 Å². The van der Waals surface area contributed by atoms with Crippen molar-refractivity contribution in [1.29, 1.82) is 5.26 Å². The SMILES string of the molecule is C#C/C=C(\C(C#N)=C/C)N1CCC(Nc2cc(C(=O)N3CCN(c4cc(F)ccn4)[C@H](CO)C3)c(C)cc2C)CC1. The number of benzene rings is 1. The normalized spacial score (nSPS) is 18.6. The number of nitriles is 1. The molecule has 2 fully saturated rings. The van der Waals surface area contributed by atoms with Crippen LogP contribution in [-0.4, -0.2) is 77.2 Å².